The van der Waals surface area contributed by atoms with Gasteiger partial charge in [0, 0.05) is 94.7 Å². The van der Waals surface area contributed by atoms with Crippen LogP contribution in [0.1, 0.15) is 115 Å². The lowest BCUT2D eigenvalue weighted by Crippen LogP contribution is -2.40. The van der Waals surface area contributed by atoms with E-state index in [-0.39, 0.29) is 128 Å². The summed E-state index contributed by atoms with van der Waals surface area (Å²) in [6, 6.07) is 3.57. The van der Waals surface area contributed by atoms with Crippen molar-refractivity contribution in [1.29, 1.82) is 12.0 Å². The lowest BCUT2D eigenvalue weighted by atomic mass is 10.0. The highest BCUT2D eigenvalue weighted by molar-refractivity contribution is 8.24. The Morgan fingerprint density at radius 1 is 0.656 bits per heavy atom. The molecule has 6 rings (SSSR count). The number of hydrogen-bond acceptors (Lipinski definition) is 26. The van der Waals surface area contributed by atoms with Crippen molar-refractivity contribution in [2.24, 2.45) is 17.6 Å². The second kappa shape index (κ2) is 56.3. The molecule has 0 aliphatic carbocycles. The smallest absolute Gasteiger partial charge is 0.400 e. The second-order valence-electron chi connectivity index (χ2n) is 18.7. The molecule has 0 amide bonds. The van der Waals surface area contributed by atoms with E-state index in [1.54, 1.807) is 47.1 Å². The lowest BCUT2D eigenvalue weighted by Gasteiger charge is -2.23. The van der Waals surface area contributed by atoms with Crippen LogP contribution in [0.4, 0.5) is 0 Å². The standard InChI is InChI=1S/C14H23N3O5.C14H22N2O6.C13H20N2O6.C6H8ClN2O3P.C3H5NO.CH4O.6CH4.Cl3OP/c1-8-7-17(14(19)16-12(8)18)13-11(21-5-4-20-3)9(2)10(6-15)22-13;1-8-6-16(14(19)15-12(8)18)13-11(21-5-4-20-3)9(2)10(7-17)22-13;1-7-6-15(13(18)14-11(7)17)12-10(20-5-4-19-3)9(16)8(2)21-12;1-9-4-6-12-13(7,10)11-5-2-3-8;4-2-1-3-5;1-2;;;;;;;1-5(2,3)4/h7,9-11,13H,4-6,15H2,1-3H3,(H,16,18,19);6,9-11,13,17H,4-5,7H2,1-3H3,(H,15,18,19);6,8-10,12,16H,4-5H2,1-3H3,(H,14,17,18);2,4-6H2;5H,1,3H2;2H,1H3;6*1H4;/t2*9-,10-,11-,13-;8-,9-,10-,12-;;;;;;;;;;/m111........../s1/i;;2D;;;2T;;;;;;;. The molecule has 3 saturated heterocycles. The summed E-state index contributed by atoms with van der Waals surface area (Å²) < 4.78 is 95.9. The van der Waals surface area contributed by atoms with Gasteiger partial charge < -0.3 is 73.6 Å². The van der Waals surface area contributed by atoms with Gasteiger partial charge in [-0.1, -0.05) is 58.4 Å². The van der Waals surface area contributed by atoms with Crippen molar-refractivity contribution in [2.75, 3.05) is 108 Å². The van der Waals surface area contributed by atoms with Crippen LogP contribution in [0, 0.1) is 61.8 Å². The van der Waals surface area contributed by atoms with Crippen molar-refractivity contribution in [2.45, 2.75) is 160 Å². The Morgan fingerprint density at radius 2 is 1.00 bits per heavy atom. The molecule has 0 radical (unpaired) electrons. The summed E-state index contributed by atoms with van der Waals surface area (Å²) in [5.41, 5.74) is 3.85. The number of H-pyrrole nitrogens is 3. The molecule has 9 N–H and O–H groups in total. The first-order valence-electron chi connectivity index (χ1n) is 28.0. The molecule has 0 bridgehead atoms. The number of aromatic nitrogens is 6. The van der Waals surface area contributed by atoms with Crippen molar-refractivity contribution in [1.82, 2.24) is 28.7 Å². The first-order valence-corrected chi connectivity index (χ1v) is 33.8. The van der Waals surface area contributed by atoms with Gasteiger partial charge >= 0.3 is 29.2 Å². The first-order chi connectivity index (χ1) is 43.4. The SMILES string of the molecule is C.C.C.C.C.C.COCCO[C@@H]1[C@H](C)[C@@H](CN)O[C@H]1n1cc(C)c(=O)[nH]c1=O.COCCO[C@@H]1[C@H](C)[C@@H](CO)O[C@H]1n1cc(C)c(=O)[nH]c1=O.N#CCCO.O=P(Cl)(Cl)Cl.[2H]C[C@H]1O[C@@H](n2cc(C)c(=O)[nH]c2=O)[C@H](OCCOC)[C@@H]1O.[3H]OC.[C-]#[N+]CCOP(=O)(Cl)OCCC#N. The van der Waals surface area contributed by atoms with Gasteiger partial charge in [-0.25, -0.2) is 25.5 Å². The maximum atomic E-state index is 12.1. The largest absolute Gasteiger partial charge is 0.424 e. The highest BCUT2D eigenvalue weighted by Crippen LogP contribution is 2.61. The van der Waals surface area contributed by atoms with Crippen LogP contribution in [0.15, 0.2) is 47.4 Å². The Hall–Kier alpha value is -4.51. The zero-order valence-electron chi connectivity index (χ0n) is 52.9. The molecular weight excluding hydrogens is 1400 g/mol. The van der Waals surface area contributed by atoms with E-state index < -0.39 is 95.1 Å². The van der Waals surface area contributed by atoms with E-state index in [1.807, 2.05) is 13.8 Å². The normalized spacial score (nSPS) is 22.4. The van der Waals surface area contributed by atoms with Gasteiger partial charge in [-0.05, 0) is 61.4 Å². The highest BCUT2D eigenvalue weighted by Gasteiger charge is 2.46. The molecule has 6 heterocycles. The van der Waals surface area contributed by atoms with E-state index in [9.17, 15) is 48.1 Å². The molecule has 39 heteroatoms. The molecule has 0 spiro atoms. The van der Waals surface area contributed by atoms with Crippen LogP contribution in [0.25, 0.3) is 4.85 Å². The van der Waals surface area contributed by atoms with Crippen LogP contribution in [0.3, 0.4) is 0 Å². The number of nitrogens with zero attached hydrogens (tertiary/aromatic N) is 6. The van der Waals surface area contributed by atoms with Gasteiger partial charge in [-0.2, -0.15) is 10.5 Å². The number of nitrogens with two attached hydrogens (primary N) is 1. The summed E-state index contributed by atoms with van der Waals surface area (Å²) in [5.74, 6) is -0.0861. The average Bonchev–Trinajstić information content (AvgIpc) is 1.64. The topological polar surface area (TPSA) is 459 Å². The molecule has 0 saturated carbocycles. The van der Waals surface area contributed by atoms with Crippen molar-refractivity contribution in [3.8, 4) is 12.1 Å². The van der Waals surface area contributed by atoms with Crippen LogP contribution < -0.4 is 39.5 Å². The Kier molecular flexibility index (Phi) is 58.7. The molecule has 3 aliphatic rings. The third-order valence-corrected chi connectivity index (χ3v) is 13.9. The summed E-state index contributed by atoms with van der Waals surface area (Å²) in [7, 11) is 5.97. The van der Waals surface area contributed by atoms with E-state index in [4.69, 9.17) is 84.6 Å². The summed E-state index contributed by atoms with van der Waals surface area (Å²) >= 11 is 19.2. The Bertz CT molecular complexity index is 2930. The number of halogens is 4. The molecule has 3 aromatic rings. The van der Waals surface area contributed by atoms with Gasteiger partial charge in [0.15, 0.2) is 18.7 Å². The predicted molar refractivity (Wildman–Crippen MR) is 369 cm³/mol. The zero-order chi connectivity index (χ0) is 70.3. The van der Waals surface area contributed by atoms with Crippen LogP contribution in [0.5, 0.6) is 0 Å². The number of nitriles is 2. The quantitative estimate of drug-likeness (QED) is 0.0279. The van der Waals surface area contributed by atoms with Gasteiger partial charge in [0.2, 0.25) is 7.98 Å². The number of aryl methyl sites for hydroxylation is 3. The fraction of sp³-hybridized carbons (Fsp3) is 0.737. The summed E-state index contributed by atoms with van der Waals surface area (Å²) in [6.07, 6.45) is -1.63. The molecule has 96 heavy (non-hydrogen) atoms. The van der Waals surface area contributed by atoms with Crippen molar-refractivity contribution >= 4 is 57.1 Å². The van der Waals surface area contributed by atoms with E-state index in [2.05, 4.69) is 67.7 Å². The van der Waals surface area contributed by atoms with E-state index in [0.29, 0.717) is 56.3 Å². The molecule has 13 atom stereocenters. The second-order valence-corrected chi connectivity index (χ2v) is 27.9. The van der Waals surface area contributed by atoms with Crippen molar-refractivity contribution in [3.63, 3.8) is 0 Å². The number of aliphatic hydroxyl groups is 4. The summed E-state index contributed by atoms with van der Waals surface area (Å²) in [4.78, 5) is 80.2. The summed E-state index contributed by atoms with van der Waals surface area (Å²) in [6.45, 7) is 13.6. The number of aromatic amines is 3. The van der Waals surface area contributed by atoms with Crippen molar-refractivity contribution < 1.29 is 82.6 Å². The van der Waals surface area contributed by atoms with Gasteiger partial charge in [-0.15, -0.1) is 0 Å². The molecule has 3 aromatic heterocycles. The van der Waals surface area contributed by atoms with E-state index in [1.165, 1.54) is 46.5 Å². The zero-order valence-corrected chi connectivity index (χ0v) is 55.8. The molecule has 0 aromatic carbocycles. The van der Waals surface area contributed by atoms with E-state index in [0.717, 1.165) is 0 Å². The maximum Gasteiger partial charge on any atom is 0.424 e. The highest BCUT2D eigenvalue weighted by atomic mass is 36.0. The number of rotatable bonds is 24. The maximum absolute atomic E-state index is 12.1. The third kappa shape index (κ3) is 37.6. The number of aliphatic hydroxyl groups excluding tert-OH is 4. The molecule has 33 nitrogen and oxygen atoms in total. The minimum atomic E-state index is -3.57. The number of hydrogen-bond donors (Lipinski definition) is 8. The van der Waals surface area contributed by atoms with Crippen LogP contribution in [-0.4, -0.2) is 201 Å². The third-order valence-electron chi connectivity index (χ3n) is 12.3. The minimum Gasteiger partial charge on any atom is -0.400 e. The van der Waals surface area contributed by atoms with Crippen molar-refractivity contribution in [3.05, 3.63) is 109 Å². The lowest BCUT2D eigenvalue weighted by molar-refractivity contribution is -0.0794. The number of methoxy groups -OCH3 is 3. The van der Waals surface area contributed by atoms with Gasteiger partial charge in [0.1, 0.15) is 31.0 Å². The molecular formula is C57H106Cl4N10O23P2. The van der Waals surface area contributed by atoms with Gasteiger partial charge in [0.25, 0.3) is 16.7 Å². The van der Waals surface area contributed by atoms with Crippen LogP contribution in [-0.2, 0) is 60.8 Å². The van der Waals surface area contributed by atoms with Gasteiger partial charge in [-0.3, -0.25) is 56.6 Å². The first kappa shape index (κ1) is 100. The number of nitrogens with one attached hydrogen (secondary N) is 3. The monoisotopic (exact) mass is 1500 g/mol. The Morgan fingerprint density at radius 3 is 1.31 bits per heavy atom. The fourth-order valence-electron chi connectivity index (χ4n) is 7.83. The number of ether oxygens (including phenoxy) is 9. The molecule has 3 aliphatic heterocycles. The van der Waals surface area contributed by atoms with E-state index >= 15 is 0 Å². The molecule has 3 fully saturated rings. The van der Waals surface area contributed by atoms with Crippen LogP contribution >= 0.6 is 57.1 Å². The minimum absolute atomic E-state index is 0. The molecule has 560 valence electrons. The summed E-state index contributed by atoms with van der Waals surface area (Å²) in [5, 5.41) is 43.5. The molecule has 1 unspecified atom stereocenters. The fourth-order valence-corrected chi connectivity index (χ4v) is 8.93. The average molecular weight is 1510 g/mol. The Balaban J connectivity index is -0.000000210. The predicted octanol–water partition coefficient (Wildman–Crippen LogP) is 6.25. The van der Waals surface area contributed by atoms with Gasteiger partial charge in [0.05, 0.1) is 103 Å². The Labute approximate surface area is 584 Å². The van der Waals surface area contributed by atoms with Crippen LogP contribution in [0.2, 0.25) is 0 Å².